The Morgan fingerprint density at radius 2 is 2.20 bits per heavy atom. The molecular formula is C11H18ClN3. The molecule has 0 saturated heterocycles. The SMILES string of the molecule is Cc1nn(CCNCC2CC2)c(C)c1Cl. The number of nitrogens with one attached hydrogen (secondary N) is 1. The lowest BCUT2D eigenvalue weighted by atomic mass is 10.4. The van der Waals surface area contributed by atoms with Gasteiger partial charge in [0.05, 0.1) is 23.0 Å². The second-order valence-corrected chi connectivity index (χ2v) is 4.73. The van der Waals surface area contributed by atoms with Crippen LogP contribution in [0.25, 0.3) is 0 Å². The molecule has 0 aromatic carbocycles. The summed E-state index contributed by atoms with van der Waals surface area (Å²) in [4.78, 5) is 0. The van der Waals surface area contributed by atoms with E-state index in [1.807, 2.05) is 18.5 Å². The maximum absolute atomic E-state index is 6.07. The molecule has 1 aliphatic carbocycles. The minimum absolute atomic E-state index is 0.803. The van der Waals surface area contributed by atoms with Crippen LogP contribution in [0.2, 0.25) is 5.02 Å². The number of aryl methyl sites for hydroxylation is 1. The molecule has 1 N–H and O–H groups in total. The Hall–Kier alpha value is -0.540. The molecule has 0 bridgehead atoms. The number of nitrogens with zero attached hydrogens (tertiary/aromatic N) is 2. The Balaban J connectivity index is 1.79. The molecule has 0 radical (unpaired) electrons. The van der Waals surface area contributed by atoms with Gasteiger partial charge in [-0.25, -0.2) is 0 Å². The summed E-state index contributed by atoms with van der Waals surface area (Å²) in [5.74, 6) is 0.939. The molecular weight excluding hydrogens is 210 g/mol. The van der Waals surface area contributed by atoms with Crippen LogP contribution in [0.5, 0.6) is 0 Å². The summed E-state index contributed by atoms with van der Waals surface area (Å²) < 4.78 is 1.98. The van der Waals surface area contributed by atoms with Crippen LogP contribution in [0.3, 0.4) is 0 Å². The predicted octanol–water partition coefficient (Wildman–Crippen LogP) is 2.15. The number of hydrogen-bond donors (Lipinski definition) is 1. The largest absolute Gasteiger partial charge is 0.315 e. The summed E-state index contributed by atoms with van der Waals surface area (Å²) in [5.41, 5.74) is 2.00. The highest BCUT2D eigenvalue weighted by molar-refractivity contribution is 6.31. The van der Waals surface area contributed by atoms with Crippen molar-refractivity contribution in [1.29, 1.82) is 0 Å². The number of aromatic nitrogens is 2. The Labute approximate surface area is 95.8 Å². The van der Waals surface area contributed by atoms with E-state index in [4.69, 9.17) is 11.6 Å². The van der Waals surface area contributed by atoms with E-state index >= 15 is 0 Å². The average molecular weight is 228 g/mol. The molecule has 0 aliphatic heterocycles. The van der Waals surface area contributed by atoms with Gasteiger partial charge in [-0.15, -0.1) is 0 Å². The van der Waals surface area contributed by atoms with Gasteiger partial charge in [-0.2, -0.15) is 5.10 Å². The minimum Gasteiger partial charge on any atom is -0.315 e. The molecule has 3 nitrogen and oxygen atoms in total. The molecule has 0 atom stereocenters. The first-order valence-corrected chi connectivity index (χ1v) is 5.96. The van der Waals surface area contributed by atoms with Crippen LogP contribution in [-0.4, -0.2) is 22.9 Å². The zero-order valence-corrected chi connectivity index (χ0v) is 10.1. The Morgan fingerprint density at radius 3 is 2.73 bits per heavy atom. The van der Waals surface area contributed by atoms with Gasteiger partial charge >= 0.3 is 0 Å². The van der Waals surface area contributed by atoms with Gasteiger partial charge in [0.25, 0.3) is 0 Å². The fraction of sp³-hybridized carbons (Fsp3) is 0.727. The molecule has 84 valence electrons. The maximum atomic E-state index is 6.07. The summed E-state index contributed by atoms with van der Waals surface area (Å²) in [6.45, 7) is 7.01. The standard InChI is InChI=1S/C11H18ClN3/c1-8-11(12)9(2)15(14-8)6-5-13-7-10-3-4-10/h10,13H,3-7H2,1-2H3. The zero-order chi connectivity index (χ0) is 10.8. The van der Waals surface area contributed by atoms with Gasteiger partial charge < -0.3 is 5.32 Å². The Morgan fingerprint density at radius 1 is 1.47 bits per heavy atom. The Kier molecular flexibility index (Phi) is 3.32. The summed E-state index contributed by atoms with van der Waals surface area (Å²) >= 11 is 6.07. The van der Waals surface area contributed by atoms with Crippen molar-refractivity contribution in [2.45, 2.75) is 33.2 Å². The van der Waals surface area contributed by atoms with Gasteiger partial charge in [-0.05, 0) is 39.2 Å². The van der Waals surface area contributed by atoms with Gasteiger partial charge in [0, 0.05) is 6.54 Å². The molecule has 0 amide bonds. The first-order chi connectivity index (χ1) is 7.18. The van der Waals surface area contributed by atoms with E-state index in [1.165, 1.54) is 12.8 Å². The van der Waals surface area contributed by atoms with Gasteiger partial charge in [-0.1, -0.05) is 11.6 Å². The van der Waals surface area contributed by atoms with Crippen molar-refractivity contribution in [2.75, 3.05) is 13.1 Å². The molecule has 1 aliphatic rings. The van der Waals surface area contributed by atoms with Crippen molar-refractivity contribution in [2.24, 2.45) is 5.92 Å². The second kappa shape index (κ2) is 4.54. The minimum atomic E-state index is 0.803. The quantitative estimate of drug-likeness (QED) is 0.782. The third kappa shape index (κ3) is 2.73. The number of halogens is 1. The van der Waals surface area contributed by atoms with Crippen LogP contribution in [-0.2, 0) is 6.54 Å². The first kappa shape index (κ1) is 11.0. The molecule has 0 spiro atoms. The lowest BCUT2D eigenvalue weighted by Gasteiger charge is -2.05. The van der Waals surface area contributed by atoms with Crippen molar-refractivity contribution >= 4 is 11.6 Å². The monoisotopic (exact) mass is 227 g/mol. The van der Waals surface area contributed by atoms with Gasteiger partial charge in [0.2, 0.25) is 0 Å². The highest BCUT2D eigenvalue weighted by atomic mass is 35.5. The molecule has 1 aromatic rings. The molecule has 1 fully saturated rings. The fourth-order valence-corrected chi connectivity index (χ4v) is 1.84. The summed E-state index contributed by atoms with van der Waals surface area (Å²) in [6.07, 6.45) is 2.80. The number of hydrogen-bond acceptors (Lipinski definition) is 2. The van der Waals surface area contributed by atoms with Gasteiger partial charge in [0.15, 0.2) is 0 Å². The lowest BCUT2D eigenvalue weighted by Crippen LogP contribution is -2.23. The topological polar surface area (TPSA) is 29.9 Å². The third-order valence-corrected chi connectivity index (χ3v) is 3.47. The fourth-order valence-electron chi connectivity index (χ4n) is 1.71. The van der Waals surface area contributed by atoms with E-state index in [-0.39, 0.29) is 0 Å². The molecule has 2 rings (SSSR count). The van der Waals surface area contributed by atoms with E-state index in [1.54, 1.807) is 0 Å². The van der Waals surface area contributed by atoms with E-state index < -0.39 is 0 Å². The highest BCUT2D eigenvalue weighted by Gasteiger charge is 2.20. The van der Waals surface area contributed by atoms with Crippen LogP contribution in [0.1, 0.15) is 24.2 Å². The van der Waals surface area contributed by atoms with E-state index in [9.17, 15) is 0 Å². The first-order valence-electron chi connectivity index (χ1n) is 5.58. The second-order valence-electron chi connectivity index (χ2n) is 4.36. The van der Waals surface area contributed by atoms with Crippen molar-refractivity contribution < 1.29 is 0 Å². The smallest absolute Gasteiger partial charge is 0.0844 e. The van der Waals surface area contributed by atoms with E-state index in [0.717, 1.165) is 42.0 Å². The van der Waals surface area contributed by atoms with Crippen LogP contribution >= 0.6 is 11.6 Å². The van der Waals surface area contributed by atoms with E-state index in [2.05, 4.69) is 10.4 Å². The molecule has 1 heterocycles. The summed E-state index contributed by atoms with van der Waals surface area (Å²) in [5, 5.41) is 8.64. The summed E-state index contributed by atoms with van der Waals surface area (Å²) in [7, 11) is 0. The van der Waals surface area contributed by atoms with Crippen LogP contribution in [0.4, 0.5) is 0 Å². The normalized spacial score (nSPS) is 15.9. The lowest BCUT2D eigenvalue weighted by molar-refractivity contribution is 0.532. The highest BCUT2D eigenvalue weighted by Crippen LogP contribution is 2.27. The van der Waals surface area contributed by atoms with Crippen LogP contribution in [0.15, 0.2) is 0 Å². The molecule has 1 aromatic heterocycles. The molecule has 0 unspecified atom stereocenters. The summed E-state index contributed by atoms with van der Waals surface area (Å²) in [6, 6.07) is 0. The van der Waals surface area contributed by atoms with Crippen molar-refractivity contribution in [3.8, 4) is 0 Å². The molecule has 1 saturated carbocycles. The van der Waals surface area contributed by atoms with Crippen molar-refractivity contribution in [3.05, 3.63) is 16.4 Å². The Bertz CT molecular complexity index is 342. The van der Waals surface area contributed by atoms with Crippen LogP contribution < -0.4 is 5.32 Å². The van der Waals surface area contributed by atoms with E-state index in [0.29, 0.717) is 0 Å². The average Bonchev–Trinajstić information content (AvgIpc) is 3.00. The van der Waals surface area contributed by atoms with Crippen LogP contribution in [0, 0.1) is 19.8 Å². The maximum Gasteiger partial charge on any atom is 0.0844 e. The van der Waals surface area contributed by atoms with Crippen molar-refractivity contribution in [1.82, 2.24) is 15.1 Å². The third-order valence-electron chi connectivity index (χ3n) is 2.92. The van der Waals surface area contributed by atoms with Crippen molar-refractivity contribution in [3.63, 3.8) is 0 Å². The molecule has 4 heteroatoms. The van der Waals surface area contributed by atoms with Gasteiger partial charge in [-0.3, -0.25) is 4.68 Å². The number of rotatable bonds is 5. The molecule has 15 heavy (non-hydrogen) atoms. The zero-order valence-electron chi connectivity index (χ0n) is 9.39. The van der Waals surface area contributed by atoms with Gasteiger partial charge in [0.1, 0.15) is 0 Å². The predicted molar refractivity (Wildman–Crippen MR) is 62.3 cm³/mol.